The molecule has 0 aliphatic rings. The molecule has 0 spiro atoms. The van der Waals surface area contributed by atoms with Crippen molar-refractivity contribution in [1.82, 2.24) is 9.71 Å². The van der Waals surface area contributed by atoms with Crippen LogP contribution in [0.15, 0.2) is 18.3 Å². The van der Waals surface area contributed by atoms with E-state index >= 15 is 0 Å². The zero-order valence-corrected chi connectivity index (χ0v) is 11.0. The Hall–Kier alpha value is -1.34. The van der Waals surface area contributed by atoms with Gasteiger partial charge in [0.25, 0.3) is 0 Å². The molecule has 0 saturated heterocycles. The number of nitrogen functional groups attached to an aromatic ring is 1. The summed E-state index contributed by atoms with van der Waals surface area (Å²) in [5, 5.41) is 3.09. The van der Waals surface area contributed by atoms with Crippen LogP contribution in [-0.4, -0.2) is 31.7 Å². The number of anilines is 2. The smallest absolute Gasteiger partial charge is 0.209 e. The second-order valence-corrected chi connectivity index (χ2v) is 6.33. The molecule has 0 atom stereocenters. The van der Waals surface area contributed by atoms with Crippen molar-refractivity contribution in [1.29, 1.82) is 0 Å². The van der Waals surface area contributed by atoms with E-state index in [0.29, 0.717) is 12.4 Å². The molecule has 1 rings (SSSR count). The van der Waals surface area contributed by atoms with Crippen LogP contribution in [0.25, 0.3) is 0 Å². The Morgan fingerprint density at radius 2 is 2.06 bits per heavy atom. The lowest BCUT2D eigenvalue weighted by molar-refractivity contribution is 0.476. The average Bonchev–Trinajstić information content (AvgIpc) is 2.13. The van der Waals surface area contributed by atoms with Gasteiger partial charge in [-0.2, -0.15) is 0 Å². The van der Waals surface area contributed by atoms with Gasteiger partial charge in [0, 0.05) is 12.1 Å². The monoisotopic (exact) mass is 258 g/mol. The first-order valence-corrected chi connectivity index (χ1v) is 7.01. The van der Waals surface area contributed by atoms with Gasteiger partial charge in [-0.15, -0.1) is 0 Å². The van der Waals surface area contributed by atoms with Gasteiger partial charge in [0.15, 0.2) is 0 Å². The summed E-state index contributed by atoms with van der Waals surface area (Å²) in [6, 6.07) is 3.47. The van der Waals surface area contributed by atoms with E-state index < -0.39 is 15.6 Å². The minimum absolute atomic E-state index is 0.448. The van der Waals surface area contributed by atoms with Gasteiger partial charge in [-0.3, -0.25) is 0 Å². The summed E-state index contributed by atoms with van der Waals surface area (Å²) >= 11 is 0. The van der Waals surface area contributed by atoms with E-state index in [1.165, 1.54) is 0 Å². The fourth-order valence-electron chi connectivity index (χ4n) is 1.37. The lowest BCUT2D eigenvalue weighted by Crippen LogP contribution is -2.47. The molecule has 1 heterocycles. The number of nitrogens with zero attached hydrogens (tertiary/aromatic N) is 1. The van der Waals surface area contributed by atoms with E-state index in [1.54, 1.807) is 32.2 Å². The summed E-state index contributed by atoms with van der Waals surface area (Å²) in [4.78, 5) is 3.93. The predicted molar refractivity (Wildman–Crippen MR) is 69.2 cm³/mol. The average molecular weight is 258 g/mol. The Balaban J connectivity index is 2.58. The molecule has 0 aliphatic heterocycles. The van der Waals surface area contributed by atoms with Crippen LogP contribution in [0.2, 0.25) is 0 Å². The molecule has 0 fully saturated rings. The van der Waals surface area contributed by atoms with Crippen LogP contribution >= 0.6 is 0 Å². The van der Waals surface area contributed by atoms with Gasteiger partial charge in [-0.1, -0.05) is 0 Å². The summed E-state index contributed by atoms with van der Waals surface area (Å²) in [7, 11) is -3.22. The third-order valence-corrected chi connectivity index (χ3v) is 2.91. The van der Waals surface area contributed by atoms with Gasteiger partial charge in [0.2, 0.25) is 10.0 Å². The molecule has 96 valence electrons. The van der Waals surface area contributed by atoms with Gasteiger partial charge in [-0.05, 0) is 26.0 Å². The van der Waals surface area contributed by atoms with Crippen LogP contribution < -0.4 is 15.8 Å². The van der Waals surface area contributed by atoms with Crippen molar-refractivity contribution >= 4 is 21.5 Å². The highest BCUT2D eigenvalue weighted by atomic mass is 32.2. The molecular formula is C10H18N4O2S. The maximum absolute atomic E-state index is 11.1. The SMILES string of the molecule is CC(C)(CNc1ccc(N)nc1)NS(C)(=O)=O. The first-order chi connectivity index (χ1) is 7.68. The second-order valence-electron chi connectivity index (χ2n) is 4.58. The van der Waals surface area contributed by atoms with E-state index in [-0.39, 0.29) is 0 Å². The van der Waals surface area contributed by atoms with Gasteiger partial charge in [-0.25, -0.2) is 18.1 Å². The molecule has 6 nitrogen and oxygen atoms in total. The zero-order chi connectivity index (χ0) is 13.1. The molecular weight excluding hydrogens is 240 g/mol. The molecule has 0 aromatic carbocycles. The summed E-state index contributed by atoms with van der Waals surface area (Å²) in [5.41, 5.74) is 5.68. The number of nitrogens with two attached hydrogens (primary N) is 1. The van der Waals surface area contributed by atoms with E-state index in [4.69, 9.17) is 5.73 Å². The van der Waals surface area contributed by atoms with Crippen LogP contribution in [0.4, 0.5) is 11.5 Å². The maximum atomic E-state index is 11.1. The highest BCUT2D eigenvalue weighted by Gasteiger charge is 2.21. The van der Waals surface area contributed by atoms with E-state index in [2.05, 4.69) is 15.0 Å². The molecule has 0 saturated carbocycles. The Morgan fingerprint density at radius 3 is 2.53 bits per heavy atom. The molecule has 7 heteroatoms. The standard InChI is InChI=1S/C10H18N4O2S/c1-10(2,14-17(3,15)16)7-13-8-4-5-9(11)12-6-8/h4-6,13-14H,7H2,1-3H3,(H2,11,12). The molecule has 4 N–H and O–H groups in total. The maximum Gasteiger partial charge on any atom is 0.209 e. The molecule has 0 amide bonds. The third-order valence-electron chi connectivity index (χ3n) is 1.98. The van der Waals surface area contributed by atoms with Crippen molar-refractivity contribution in [3.8, 4) is 0 Å². The topological polar surface area (TPSA) is 97.1 Å². The summed E-state index contributed by atoms with van der Waals surface area (Å²) in [5.74, 6) is 0.448. The summed E-state index contributed by atoms with van der Waals surface area (Å²) in [6.45, 7) is 4.04. The van der Waals surface area contributed by atoms with Crippen molar-refractivity contribution in [2.45, 2.75) is 19.4 Å². The Morgan fingerprint density at radius 1 is 1.41 bits per heavy atom. The van der Waals surface area contributed by atoms with Gasteiger partial charge >= 0.3 is 0 Å². The van der Waals surface area contributed by atoms with Crippen molar-refractivity contribution < 1.29 is 8.42 Å². The summed E-state index contributed by atoms with van der Waals surface area (Å²) in [6.07, 6.45) is 2.74. The molecule has 17 heavy (non-hydrogen) atoms. The van der Waals surface area contributed by atoms with Crippen molar-refractivity contribution in [2.24, 2.45) is 0 Å². The first-order valence-electron chi connectivity index (χ1n) is 5.12. The molecule has 0 radical (unpaired) electrons. The van der Waals surface area contributed by atoms with Crippen LogP contribution in [0.1, 0.15) is 13.8 Å². The van der Waals surface area contributed by atoms with Crippen molar-refractivity contribution in [2.75, 3.05) is 23.9 Å². The normalized spacial score (nSPS) is 12.4. The summed E-state index contributed by atoms with van der Waals surface area (Å²) < 4.78 is 24.8. The quantitative estimate of drug-likeness (QED) is 0.710. The van der Waals surface area contributed by atoms with Crippen molar-refractivity contribution in [3.05, 3.63) is 18.3 Å². The Bertz CT molecular complexity index is 468. The highest BCUT2D eigenvalue weighted by molar-refractivity contribution is 7.88. The van der Waals surface area contributed by atoms with Gasteiger partial charge < -0.3 is 11.1 Å². The zero-order valence-electron chi connectivity index (χ0n) is 10.2. The van der Waals surface area contributed by atoms with Gasteiger partial charge in [0.1, 0.15) is 5.82 Å². The number of nitrogens with one attached hydrogen (secondary N) is 2. The largest absolute Gasteiger partial charge is 0.384 e. The number of hydrogen-bond acceptors (Lipinski definition) is 5. The Labute approximate surface area is 102 Å². The lowest BCUT2D eigenvalue weighted by atomic mass is 10.1. The molecule has 0 unspecified atom stereocenters. The molecule has 1 aromatic rings. The molecule has 0 bridgehead atoms. The molecule has 1 aromatic heterocycles. The van der Waals surface area contributed by atoms with Crippen molar-refractivity contribution in [3.63, 3.8) is 0 Å². The minimum atomic E-state index is -3.22. The van der Waals surface area contributed by atoms with Crippen LogP contribution in [-0.2, 0) is 10.0 Å². The van der Waals surface area contributed by atoms with Crippen LogP contribution in [0, 0.1) is 0 Å². The first kappa shape index (κ1) is 13.7. The number of pyridine rings is 1. The fourth-order valence-corrected chi connectivity index (χ4v) is 2.45. The number of rotatable bonds is 5. The second kappa shape index (κ2) is 4.89. The lowest BCUT2D eigenvalue weighted by Gasteiger charge is -2.25. The number of hydrogen-bond donors (Lipinski definition) is 3. The van der Waals surface area contributed by atoms with E-state index in [0.717, 1.165) is 11.9 Å². The third kappa shape index (κ3) is 5.50. The van der Waals surface area contributed by atoms with E-state index in [1.807, 2.05) is 0 Å². The fraction of sp³-hybridized carbons (Fsp3) is 0.500. The van der Waals surface area contributed by atoms with Gasteiger partial charge in [0.05, 0.1) is 18.1 Å². The number of sulfonamides is 1. The minimum Gasteiger partial charge on any atom is -0.384 e. The molecule has 0 aliphatic carbocycles. The predicted octanol–water partition coefficient (Wildman–Crippen LogP) is 0.404. The van der Waals surface area contributed by atoms with Crippen LogP contribution in [0.3, 0.4) is 0 Å². The Kier molecular flexibility index (Phi) is 3.94. The number of aromatic nitrogens is 1. The highest BCUT2D eigenvalue weighted by Crippen LogP contribution is 2.10. The van der Waals surface area contributed by atoms with Crippen LogP contribution in [0.5, 0.6) is 0 Å². The van der Waals surface area contributed by atoms with E-state index in [9.17, 15) is 8.42 Å².